The summed E-state index contributed by atoms with van der Waals surface area (Å²) in [6.07, 6.45) is 10.4. The molecule has 0 aromatic heterocycles. The first-order chi connectivity index (χ1) is 4.27. The summed E-state index contributed by atoms with van der Waals surface area (Å²) in [5.74, 6) is 1.48. The van der Waals surface area contributed by atoms with E-state index in [1.807, 2.05) is 0 Å². The molecule has 0 atom stereocenters. The molecule has 0 radical (unpaired) electrons. The van der Waals surface area contributed by atoms with Gasteiger partial charge >= 0.3 is 0 Å². The third kappa shape index (κ3) is 8.35. The van der Waals surface area contributed by atoms with Gasteiger partial charge in [-0.05, 0) is 24.7 Å². The van der Waals surface area contributed by atoms with Crippen molar-refractivity contribution in [1.82, 2.24) is 0 Å². The lowest BCUT2D eigenvalue weighted by molar-refractivity contribution is 0.706. The molecule has 0 aromatic rings. The average Bonchev–Trinajstić information content (AvgIpc) is 1.80. The monoisotopic (exact) mass is 148 g/mol. The van der Waals surface area contributed by atoms with Crippen LogP contribution in [0.5, 0.6) is 0 Å². The number of unbranched alkanes of at least 4 members (excludes halogenated alkanes) is 3. The highest BCUT2D eigenvalue weighted by atomic mass is 32.2. The lowest BCUT2D eigenvalue weighted by Crippen LogP contribution is -1.84. The van der Waals surface area contributed by atoms with E-state index < -0.39 is 0 Å². The fourth-order valence-corrected chi connectivity index (χ4v) is 1.71. The van der Waals surface area contributed by atoms with E-state index in [1.54, 1.807) is 0 Å². The molecule has 0 amide bonds. The minimum absolute atomic E-state index is 0.383. The zero-order chi connectivity index (χ0) is 7.11. The van der Waals surface area contributed by atoms with Crippen molar-refractivity contribution in [3.8, 4) is 0 Å². The molecule has 0 aliphatic carbocycles. The normalized spacial score (nSPS) is 11.7. The standard InChI is InChI=1S/C8H20S/c1-4-5-6-7-8-9(2)3/h9H,4-8H2,1-3H3. The Balaban J connectivity index is 2.75. The maximum atomic E-state index is 2.36. The third-order valence-corrected chi connectivity index (χ3v) is 2.67. The first-order valence-corrected chi connectivity index (χ1v) is 6.34. The Morgan fingerprint density at radius 3 is 2.11 bits per heavy atom. The highest BCUT2D eigenvalue weighted by molar-refractivity contribution is 8.15. The molecule has 0 rings (SSSR count). The smallest absolute Gasteiger partial charge is 0.0258 e. The van der Waals surface area contributed by atoms with Crippen molar-refractivity contribution in [3.63, 3.8) is 0 Å². The van der Waals surface area contributed by atoms with Crippen molar-refractivity contribution >= 4 is 10.9 Å². The molecule has 0 unspecified atom stereocenters. The van der Waals surface area contributed by atoms with Crippen LogP contribution in [0, 0.1) is 0 Å². The Bertz CT molecular complexity index is 50.5. The van der Waals surface area contributed by atoms with Gasteiger partial charge in [-0.3, -0.25) is 10.9 Å². The van der Waals surface area contributed by atoms with Gasteiger partial charge < -0.3 is 0 Å². The number of hydrogen-bond acceptors (Lipinski definition) is 0. The molecular formula is C8H20S. The Morgan fingerprint density at radius 2 is 1.67 bits per heavy atom. The second-order valence-electron chi connectivity index (χ2n) is 2.86. The predicted octanol–water partition coefficient (Wildman–Crippen LogP) is 2.83. The molecule has 58 valence electrons. The summed E-state index contributed by atoms with van der Waals surface area (Å²) in [5.41, 5.74) is 0. The van der Waals surface area contributed by atoms with Crippen molar-refractivity contribution in [2.45, 2.75) is 32.6 Å². The third-order valence-electron chi connectivity index (χ3n) is 1.46. The van der Waals surface area contributed by atoms with Crippen molar-refractivity contribution in [2.75, 3.05) is 18.3 Å². The predicted molar refractivity (Wildman–Crippen MR) is 49.8 cm³/mol. The lowest BCUT2D eigenvalue weighted by atomic mass is 10.2. The molecule has 0 aliphatic rings. The second-order valence-corrected chi connectivity index (χ2v) is 5.47. The van der Waals surface area contributed by atoms with Crippen LogP contribution in [0.3, 0.4) is 0 Å². The quantitative estimate of drug-likeness (QED) is 0.450. The first kappa shape index (κ1) is 9.35. The molecule has 0 fully saturated rings. The SMILES string of the molecule is CCCCCC[SH](C)C. The summed E-state index contributed by atoms with van der Waals surface area (Å²) in [4.78, 5) is 0. The van der Waals surface area contributed by atoms with Crippen LogP contribution >= 0.6 is 10.9 Å². The summed E-state index contributed by atoms with van der Waals surface area (Å²) in [6.45, 7) is 2.26. The number of hydrogen-bond donors (Lipinski definition) is 1. The van der Waals surface area contributed by atoms with E-state index in [0.717, 1.165) is 0 Å². The summed E-state index contributed by atoms with van der Waals surface area (Å²) in [6, 6.07) is 0. The maximum Gasteiger partial charge on any atom is -0.0258 e. The highest BCUT2D eigenvalue weighted by Crippen LogP contribution is 2.15. The van der Waals surface area contributed by atoms with Gasteiger partial charge in [-0.15, -0.1) is 0 Å². The molecule has 0 nitrogen and oxygen atoms in total. The van der Waals surface area contributed by atoms with Crippen molar-refractivity contribution in [2.24, 2.45) is 0 Å². The van der Waals surface area contributed by atoms with E-state index in [9.17, 15) is 0 Å². The fourth-order valence-electron chi connectivity index (χ4n) is 0.855. The van der Waals surface area contributed by atoms with Crippen molar-refractivity contribution in [1.29, 1.82) is 0 Å². The summed E-state index contributed by atoms with van der Waals surface area (Å²) in [5, 5.41) is 0. The van der Waals surface area contributed by atoms with Gasteiger partial charge in [0.05, 0.1) is 0 Å². The van der Waals surface area contributed by atoms with Crippen LogP contribution < -0.4 is 0 Å². The van der Waals surface area contributed by atoms with Crippen LogP contribution in [-0.4, -0.2) is 18.3 Å². The van der Waals surface area contributed by atoms with Crippen LogP contribution in [0.4, 0.5) is 0 Å². The van der Waals surface area contributed by atoms with Crippen LogP contribution in [0.1, 0.15) is 32.6 Å². The molecule has 0 spiro atoms. The molecule has 1 heteroatoms. The van der Waals surface area contributed by atoms with Gasteiger partial charge in [-0.2, -0.15) is 0 Å². The van der Waals surface area contributed by atoms with Crippen LogP contribution in [0.2, 0.25) is 0 Å². The Morgan fingerprint density at radius 1 is 1.00 bits per heavy atom. The van der Waals surface area contributed by atoms with E-state index in [0.29, 0.717) is 10.9 Å². The van der Waals surface area contributed by atoms with E-state index in [4.69, 9.17) is 0 Å². The molecule has 9 heavy (non-hydrogen) atoms. The van der Waals surface area contributed by atoms with Gasteiger partial charge in [-0.25, -0.2) is 0 Å². The Kier molecular flexibility index (Phi) is 6.72. The lowest BCUT2D eigenvalue weighted by Gasteiger charge is -2.06. The molecule has 0 saturated carbocycles. The molecule has 0 N–H and O–H groups in total. The molecule has 0 saturated heterocycles. The number of rotatable bonds is 5. The van der Waals surface area contributed by atoms with Crippen LogP contribution in [0.25, 0.3) is 0 Å². The largest absolute Gasteiger partial charge is 0.259 e. The van der Waals surface area contributed by atoms with Gasteiger partial charge in [0.25, 0.3) is 0 Å². The minimum atomic E-state index is 0.383. The van der Waals surface area contributed by atoms with Crippen LogP contribution in [0.15, 0.2) is 0 Å². The molecule has 0 bridgehead atoms. The maximum absolute atomic E-state index is 2.36. The molecule has 0 aliphatic heterocycles. The fraction of sp³-hybridized carbons (Fsp3) is 1.00. The summed E-state index contributed by atoms with van der Waals surface area (Å²) in [7, 11) is 0.383. The van der Waals surface area contributed by atoms with Crippen LogP contribution in [-0.2, 0) is 0 Å². The van der Waals surface area contributed by atoms with E-state index in [1.165, 1.54) is 31.4 Å². The van der Waals surface area contributed by atoms with Gasteiger partial charge in [0.2, 0.25) is 0 Å². The van der Waals surface area contributed by atoms with Crippen molar-refractivity contribution in [3.05, 3.63) is 0 Å². The first-order valence-electron chi connectivity index (χ1n) is 3.92. The van der Waals surface area contributed by atoms with E-state index >= 15 is 0 Å². The molecule has 0 aromatic carbocycles. The van der Waals surface area contributed by atoms with E-state index in [2.05, 4.69) is 19.4 Å². The zero-order valence-corrected chi connectivity index (χ0v) is 7.88. The molecule has 0 heterocycles. The average molecular weight is 148 g/mol. The minimum Gasteiger partial charge on any atom is -0.259 e. The highest BCUT2D eigenvalue weighted by Gasteiger charge is 1.88. The second kappa shape index (κ2) is 6.47. The topological polar surface area (TPSA) is 0 Å². The molecular weight excluding hydrogens is 128 g/mol. The van der Waals surface area contributed by atoms with Gasteiger partial charge in [0, 0.05) is 0 Å². The summed E-state index contributed by atoms with van der Waals surface area (Å²) < 4.78 is 0. The van der Waals surface area contributed by atoms with Gasteiger partial charge in [-0.1, -0.05) is 26.2 Å². The Labute approximate surface area is 62.4 Å². The van der Waals surface area contributed by atoms with E-state index in [-0.39, 0.29) is 0 Å². The summed E-state index contributed by atoms with van der Waals surface area (Å²) >= 11 is 0. The van der Waals surface area contributed by atoms with Gasteiger partial charge in [0.15, 0.2) is 0 Å². The zero-order valence-electron chi connectivity index (χ0n) is 6.98. The van der Waals surface area contributed by atoms with Gasteiger partial charge in [0.1, 0.15) is 0 Å². The van der Waals surface area contributed by atoms with Crippen molar-refractivity contribution < 1.29 is 0 Å². The Hall–Kier alpha value is 0.350. The number of thiol groups is 1.